The molecular weight excluding hydrogens is 384 g/mol. The Bertz CT molecular complexity index is 851. The van der Waals surface area contributed by atoms with Gasteiger partial charge in [-0.25, -0.2) is 9.97 Å². The summed E-state index contributed by atoms with van der Waals surface area (Å²) in [7, 11) is 0. The van der Waals surface area contributed by atoms with Crippen molar-refractivity contribution >= 4 is 23.3 Å². The van der Waals surface area contributed by atoms with Crippen molar-refractivity contribution in [2.24, 2.45) is 5.92 Å². The summed E-state index contributed by atoms with van der Waals surface area (Å²) in [4.78, 5) is 26.3. The van der Waals surface area contributed by atoms with Crippen LogP contribution in [0.2, 0.25) is 5.02 Å². The number of amides is 1. The maximum atomic E-state index is 12.5. The van der Waals surface area contributed by atoms with Crippen molar-refractivity contribution in [3.63, 3.8) is 0 Å². The van der Waals surface area contributed by atoms with E-state index in [1.54, 1.807) is 0 Å². The van der Waals surface area contributed by atoms with Gasteiger partial charge in [-0.2, -0.15) is 0 Å². The zero-order valence-electron chi connectivity index (χ0n) is 17.9. The lowest BCUT2D eigenvalue weighted by molar-refractivity contribution is -0.131. The van der Waals surface area contributed by atoms with E-state index in [1.165, 1.54) is 5.56 Å². The van der Waals surface area contributed by atoms with Crippen molar-refractivity contribution in [3.05, 3.63) is 51.9 Å². The first-order chi connectivity index (χ1) is 13.8. The number of hydrogen-bond acceptors (Lipinski definition) is 4. The second-order valence-electron chi connectivity index (χ2n) is 8.28. The summed E-state index contributed by atoms with van der Waals surface area (Å²) < 4.78 is 0. The van der Waals surface area contributed by atoms with Crippen LogP contribution in [0.5, 0.6) is 0 Å². The molecule has 5 nitrogen and oxygen atoms in total. The molecule has 0 aliphatic carbocycles. The number of aromatic nitrogens is 2. The van der Waals surface area contributed by atoms with Gasteiger partial charge < -0.3 is 9.80 Å². The third kappa shape index (κ3) is 5.69. The van der Waals surface area contributed by atoms with Crippen LogP contribution in [0.4, 0.5) is 5.82 Å². The van der Waals surface area contributed by atoms with Gasteiger partial charge in [-0.05, 0) is 43.9 Å². The number of halogens is 1. The topological polar surface area (TPSA) is 49.3 Å². The SMILES string of the molecule is Cc1nc(C)c(Cc2ccc(Cl)cc2)c(N2CCCN(C(=O)CC(C)C)CC2)n1. The molecule has 0 spiro atoms. The molecule has 2 aromatic rings. The lowest BCUT2D eigenvalue weighted by Gasteiger charge is -2.26. The predicted octanol–water partition coefficient (Wildman–Crippen LogP) is 4.42. The molecule has 0 unspecified atom stereocenters. The van der Waals surface area contributed by atoms with Crippen LogP contribution in [-0.4, -0.2) is 47.0 Å². The van der Waals surface area contributed by atoms with Gasteiger partial charge in [0.25, 0.3) is 0 Å². The minimum atomic E-state index is 0.262. The average Bonchev–Trinajstić information content (AvgIpc) is 2.91. The Kier molecular flexibility index (Phi) is 7.12. The maximum absolute atomic E-state index is 12.5. The molecule has 6 heteroatoms. The molecule has 1 saturated heterocycles. The van der Waals surface area contributed by atoms with Gasteiger partial charge in [-0.3, -0.25) is 4.79 Å². The number of rotatable bonds is 5. The maximum Gasteiger partial charge on any atom is 0.222 e. The monoisotopic (exact) mass is 414 g/mol. The Morgan fingerprint density at radius 3 is 2.48 bits per heavy atom. The van der Waals surface area contributed by atoms with E-state index in [0.29, 0.717) is 12.3 Å². The smallest absolute Gasteiger partial charge is 0.222 e. The van der Waals surface area contributed by atoms with Gasteiger partial charge in [0.05, 0.1) is 0 Å². The third-order valence-corrected chi connectivity index (χ3v) is 5.58. The van der Waals surface area contributed by atoms with Gasteiger partial charge in [0.1, 0.15) is 11.6 Å². The fraction of sp³-hybridized carbons (Fsp3) is 0.522. The van der Waals surface area contributed by atoms with Gasteiger partial charge in [-0.1, -0.05) is 37.6 Å². The van der Waals surface area contributed by atoms with Crippen LogP contribution in [0.1, 0.15) is 49.3 Å². The van der Waals surface area contributed by atoms with Crippen molar-refractivity contribution in [2.75, 3.05) is 31.1 Å². The third-order valence-electron chi connectivity index (χ3n) is 5.33. The van der Waals surface area contributed by atoms with E-state index >= 15 is 0 Å². The Morgan fingerprint density at radius 1 is 1.07 bits per heavy atom. The highest BCUT2D eigenvalue weighted by atomic mass is 35.5. The first kappa shape index (κ1) is 21.6. The molecule has 1 fully saturated rings. The van der Waals surface area contributed by atoms with Crippen molar-refractivity contribution in [1.82, 2.24) is 14.9 Å². The Morgan fingerprint density at radius 2 is 1.79 bits per heavy atom. The molecular formula is C23H31ClN4O. The number of benzene rings is 1. The summed E-state index contributed by atoms with van der Waals surface area (Å²) in [6, 6.07) is 7.95. The molecule has 2 heterocycles. The largest absolute Gasteiger partial charge is 0.354 e. The molecule has 0 radical (unpaired) electrons. The number of anilines is 1. The summed E-state index contributed by atoms with van der Waals surface area (Å²) in [5.41, 5.74) is 3.36. The van der Waals surface area contributed by atoms with Crippen LogP contribution >= 0.6 is 11.6 Å². The number of carbonyl (C=O) groups is 1. The summed E-state index contributed by atoms with van der Waals surface area (Å²) in [5, 5.41) is 0.740. The fourth-order valence-electron chi connectivity index (χ4n) is 3.85. The lowest BCUT2D eigenvalue weighted by Crippen LogP contribution is -2.36. The minimum absolute atomic E-state index is 0.262. The number of aryl methyl sites for hydroxylation is 2. The van der Waals surface area contributed by atoms with E-state index in [1.807, 2.05) is 24.0 Å². The van der Waals surface area contributed by atoms with Gasteiger partial charge in [0, 0.05) is 55.3 Å². The number of nitrogens with zero attached hydrogens (tertiary/aromatic N) is 4. The van der Waals surface area contributed by atoms with Crippen molar-refractivity contribution in [3.8, 4) is 0 Å². The van der Waals surface area contributed by atoms with Crippen molar-refractivity contribution < 1.29 is 4.79 Å². The Hall–Kier alpha value is -2.14. The van der Waals surface area contributed by atoms with E-state index in [2.05, 4.69) is 42.8 Å². The zero-order valence-corrected chi connectivity index (χ0v) is 18.7. The number of carbonyl (C=O) groups excluding carboxylic acids is 1. The second kappa shape index (κ2) is 9.57. The van der Waals surface area contributed by atoms with E-state index in [-0.39, 0.29) is 5.91 Å². The zero-order chi connectivity index (χ0) is 21.0. The lowest BCUT2D eigenvalue weighted by atomic mass is 10.0. The van der Waals surface area contributed by atoms with E-state index in [4.69, 9.17) is 16.6 Å². The average molecular weight is 415 g/mol. The highest BCUT2D eigenvalue weighted by Crippen LogP contribution is 2.26. The predicted molar refractivity (Wildman–Crippen MR) is 119 cm³/mol. The van der Waals surface area contributed by atoms with Gasteiger partial charge in [0.15, 0.2) is 0 Å². The van der Waals surface area contributed by atoms with E-state index < -0.39 is 0 Å². The summed E-state index contributed by atoms with van der Waals surface area (Å²) >= 11 is 6.04. The molecule has 1 aliphatic heterocycles. The molecule has 3 rings (SSSR count). The quantitative estimate of drug-likeness (QED) is 0.726. The number of hydrogen-bond donors (Lipinski definition) is 0. The molecule has 1 aromatic carbocycles. The van der Waals surface area contributed by atoms with Crippen LogP contribution in [0.3, 0.4) is 0 Å². The Balaban J connectivity index is 1.82. The van der Waals surface area contributed by atoms with Crippen LogP contribution < -0.4 is 4.90 Å². The summed E-state index contributed by atoms with van der Waals surface area (Å²) in [5.74, 6) is 2.44. The molecule has 1 aromatic heterocycles. The fourth-order valence-corrected chi connectivity index (χ4v) is 3.98. The summed E-state index contributed by atoms with van der Waals surface area (Å²) in [6.07, 6.45) is 2.34. The standard InChI is InChI=1S/C23H31ClN4O/c1-16(2)14-22(29)27-10-5-11-28(13-12-27)23-21(17(3)25-18(4)26-23)15-19-6-8-20(24)9-7-19/h6-9,16H,5,10-15H2,1-4H3. The van der Waals surface area contributed by atoms with Crippen molar-refractivity contribution in [1.29, 1.82) is 0 Å². The van der Waals surface area contributed by atoms with Crippen LogP contribution in [0.25, 0.3) is 0 Å². The Labute approximate surface area is 179 Å². The highest BCUT2D eigenvalue weighted by Gasteiger charge is 2.23. The molecule has 0 N–H and O–H groups in total. The molecule has 0 saturated carbocycles. The molecule has 29 heavy (non-hydrogen) atoms. The minimum Gasteiger partial charge on any atom is -0.354 e. The highest BCUT2D eigenvalue weighted by molar-refractivity contribution is 6.30. The van der Waals surface area contributed by atoms with E-state index in [9.17, 15) is 4.79 Å². The molecule has 1 amide bonds. The van der Waals surface area contributed by atoms with Crippen LogP contribution in [0, 0.1) is 19.8 Å². The molecule has 0 bridgehead atoms. The van der Waals surface area contributed by atoms with Gasteiger partial charge >= 0.3 is 0 Å². The van der Waals surface area contributed by atoms with Crippen LogP contribution in [-0.2, 0) is 11.2 Å². The normalized spacial score (nSPS) is 15.0. The second-order valence-corrected chi connectivity index (χ2v) is 8.72. The molecule has 156 valence electrons. The molecule has 1 aliphatic rings. The van der Waals surface area contributed by atoms with Gasteiger partial charge in [-0.15, -0.1) is 0 Å². The first-order valence-corrected chi connectivity index (χ1v) is 10.8. The van der Waals surface area contributed by atoms with E-state index in [0.717, 1.165) is 66.9 Å². The van der Waals surface area contributed by atoms with Crippen LogP contribution in [0.15, 0.2) is 24.3 Å². The first-order valence-electron chi connectivity index (χ1n) is 10.4. The molecule has 0 atom stereocenters. The summed E-state index contributed by atoms with van der Waals surface area (Å²) in [6.45, 7) is 11.4. The van der Waals surface area contributed by atoms with Gasteiger partial charge in [0.2, 0.25) is 5.91 Å². The van der Waals surface area contributed by atoms with Crippen molar-refractivity contribution in [2.45, 2.75) is 47.0 Å².